The van der Waals surface area contributed by atoms with Crippen molar-refractivity contribution in [3.05, 3.63) is 71.3 Å². The second-order valence-electron chi connectivity index (χ2n) is 14.0. The molecule has 5 aliphatic rings. The maximum Gasteiger partial charge on any atom is 0.481 e. The molecule has 1 saturated heterocycles. The number of benzene rings is 2. The first-order chi connectivity index (χ1) is 20.2. The normalized spacial score (nSPS) is 30.3. The smallest absolute Gasteiger partial charge is 0.404 e. The fourth-order valence-corrected chi connectivity index (χ4v) is 8.41. The molecule has 3 saturated carbocycles. The van der Waals surface area contributed by atoms with Gasteiger partial charge in [-0.1, -0.05) is 88.2 Å². The van der Waals surface area contributed by atoms with E-state index in [1.165, 1.54) is 12.0 Å². The Bertz CT molecular complexity index is 1280. The zero-order valence-electron chi connectivity index (χ0n) is 25.7. The number of aryl methyl sites for hydroxylation is 1. The van der Waals surface area contributed by atoms with Gasteiger partial charge >= 0.3 is 7.12 Å². The highest BCUT2D eigenvalue weighted by Crippen LogP contribution is 2.65. The summed E-state index contributed by atoms with van der Waals surface area (Å²) in [6.45, 7) is 9.11. The van der Waals surface area contributed by atoms with Crippen molar-refractivity contribution in [1.82, 2.24) is 10.6 Å². The Kier molecular flexibility index (Phi) is 8.27. The number of carbonyl (C=O) groups excluding carboxylic acids is 2. The van der Waals surface area contributed by atoms with Gasteiger partial charge in [-0.05, 0) is 79.4 Å². The Morgan fingerprint density at radius 2 is 1.79 bits per heavy atom. The lowest BCUT2D eigenvalue weighted by Crippen LogP contribution is -2.65. The first-order valence-corrected chi connectivity index (χ1v) is 16.3. The third-order valence-corrected chi connectivity index (χ3v) is 11.1. The van der Waals surface area contributed by atoms with Crippen LogP contribution in [0.4, 0.5) is 0 Å². The number of carbonyl (C=O) groups is 2. The van der Waals surface area contributed by atoms with E-state index >= 15 is 0 Å². The molecular formula is C35H47BN2O4. The van der Waals surface area contributed by atoms with Crippen LogP contribution in [0.3, 0.4) is 0 Å². The lowest BCUT2D eigenvalue weighted by Gasteiger charge is -2.64. The van der Waals surface area contributed by atoms with E-state index in [0.717, 1.165) is 56.1 Å². The van der Waals surface area contributed by atoms with E-state index in [9.17, 15) is 9.59 Å². The molecule has 42 heavy (non-hydrogen) atoms. The quantitative estimate of drug-likeness (QED) is 0.356. The Morgan fingerprint density at radius 3 is 2.55 bits per heavy atom. The summed E-state index contributed by atoms with van der Waals surface area (Å²) >= 11 is 0. The Balaban J connectivity index is 1.20. The summed E-state index contributed by atoms with van der Waals surface area (Å²) in [7, 11) is -0.482. The molecule has 2 amide bonds. The molecule has 0 radical (unpaired) electrons. The van der Waals surface area contributed by atoms with Crippen molar-refractivity contribution in [2.75, 3.05) is 0 Å². The van der Waals surface area contributed by atoms with Gasteiger partial charge in [0.25, 0.3) is 0 Å². The highest BCUT2D eigenvalue weighted by molar-refractivity contribution is 6.47. The van der Waals surface area contributed by atoms with E-state index in [2.05, 4.69) is 50.5 Å². The average Bonchev–Trinajstić information content (AvgIpc) is 3.36. The fourth-order valence-electron chi connectivity index (χ4n) is 8.41. The van der Waals surface area contributed by atoms with E-state index in [1.807, 2.05) is 42.5 Å². The van der Waals surface area contributed by atoms with E-state index in [-0.39, 0.29) is 40.8 Å². The summed E-state index contributed by atoms with van der Waals surface area (Å²) in [6, 6.07) is 17.5. The van der Waals surface area contributed by atoms with Crippen LogP contribution in [-0.4, -0.2) is 42.6 Å². The second kappa shape index (κ2) is 11.8. The standard InChI is InChI=1S/C35H47BN2O4/c1-5-6-19-31(36-41-30-22-25-21-29(34(25,2)3)35(30,4)42-36)38-33(40)28(20-23-13-8-7-9-14-23)37-32(39)27-18-12-16-24-15-10-11-17-26(24)27/h7-11,13-15,17,25,27-31H,5-6,12,16,18-22H2,1-4H3,(H,37,39)(H,38,40)/t25-,27-,28-,29-,30+,31-,35-/m0/s1. The molecular weight excluding hydrogens is 523 g/mol. The van der Waals surface area contributed by atoms with Crippen molar-refractivity contribution < 1.29 is 18.9 Å². The molecule has 2 aromatic rings. The van der Waals surface area contributed by atoms with Gasteiger partial charge in [-0.15, -0.1) is 0 Å². The van der Waals surface area contributed by atoms with E-state index in [0.29, 0.717) is 18.3 Å². The van der Waals surface area contributed by atoms with Crippen molar-refractivity contribution in [3.63, 3.8) is 0 Å². The SMILES string of the molecule is CCCC[C@H](NC(=O)[C@H](Cc1ccccc1)NC(=O)[C@H]1CCCc2ccccc21)B1O[C@@H]2C[C@@H]3C[C@@H](C3(C)C)[C@]2(C)O1. The third kappa shape index (κ3) is 5.43. The zero-order valence-corrected chi connectivity index (χ0v) is 25.7. The van der Waals surface area contributed by atoms with Gasteiger partial charge in [0.1, 0.15) is 6.04 Å². The lowest BCUT2D eigenvalue weighted by atomic mass is 9.43. The summed E-state index contributed by atoms with van der Waals surface area (Å²) in [5, 5.41) is 6.49. The molecule has 7 heteroatoms. The van der Waals surface area contributed by atoms with Crippen LogP contribution in [0.15, 0.2) is 54.6 Å². The van der Waals surface area contributed by atoms with Gasteiger partial charge in [-0.3, -0.25) is 9.59 Å². The van der Waals surface area contributed by atoms with Crippen LogP contribution >= 0.6 is 0 Å². The van der Waals surface area contributed by atoms with Crippen molar-refractivity contribution in [3.8, 4) is 0 Å². The van der Waals surface area contributed by atoms with E-state index < -0.39 is 13.2 Å². The highest BCUT2D eigenvalue weighted by Gasteiger charge is 2.68. The van der Waals surface area contributed by atoms with Crippen molar-refractivity contribution in [2.24, 2.45) is 17.3 Å². The maximum atomic E-state index is 14.1. The minimum absolute atomic E-state index is 0.0616. The van der Waals surface area contributed by atoms with Crippen LogP contribution in [-0.2, 0) is 31.7 Å². The van der Waals surface area contributed by atoms with Gasteiger partial charge < -0.3 is 19.9 Å². The van der Waals surface area contributed by atoms with Crippen LogP contribution in [0.25, 0.3) is 0 Å². The van der Waals surface area contributed by atoms with Gasteiger partial charge in [0.15, 0.2) is 0 Å². The number of rotatable bonds is 10. The molecule has 7 rings (SSSR count). The fraction of sp³-hybridized carbons (Fsp3) is 0.600. The predicted molar refractivity (Wildman–Crippen MR) is 166 cm³/mol. The monoisotopic (exact) mass is 570 g/mol. The van der Waals surface area contributed by atoms with E-state index in [1.54, 1.807) is 0 Å². The van der Waals surface area contributed by atoms with Crippen molar-refractivity contribution in [2.45, 2.75) is 115 Å². The molecule has 224 valence electrons. The number of amides is 2. The van der Waals surface area contributed by atoms with Crippen LogP contribution in [0, 0.1) is 17.3 Å². The summed E-state index contributed by atoms with van der Waals surface area (Å²) in [5.41, 5.74) is 3.27. The van der Waals surface area contributed by atoms with Crippen LogP contribution in [0.1, 0.15) is 95.2 Å². The third-order valence-electron chi connectivity index (χ3n) is 11.1. The molecule has 0 aromatic heterocycles. The molecule has 2 aromatic carbocycles. The molecule has 2 bridgehead atoms. The number of unbranched alkanes of at least 4 members (excludes halogenated alkanes) is 1. The van der Waals surface area contributed by atoms with Crippen molar-refractivity contribution >= 4 is 18.9 Å². The van der Waals surface area contributed by atoms with Gasteiger partial charge in [0.2, 0.25) is 11.8 Å². The molecule has 0 spiro atoms. The maximum absolute atomic E-state index is 14.1. The average molecular weight is 571 g/mol. The zero-order chi connectivity index (χ0) is 29.5. The van der Waals surface area contributed by atoms with Gasteiger partial charge in [0, 0.05) is 6.42 Å². The molecule has 1 heterocycles. The summed E-state index contributed by atoms with van der Waals surface area (Å²) < 4.78 is 13.4. The van der Waals surface area contributed by atoms with Gasteiger partial charge in [0.05, 0.1) is 23.6 Å². The van der Waals surface area contributed by atoms with Gasteiger partial charge in [-0.2, -0.15) is 0 Å². The molecule has 7 atom stereocenters. The number of fused-ring (bicyclic) bond motifs is 1. The molecule has 0 unspecified atom stereocenters. The van der Waals surface area contributed by atoms with Crippen LogP contribution < -0.4 is 10.6 Å². The number of nitrogens with one attached hydrogen (secondary N) is 2. The van der Waals surface area contributed by atoms with Crippen LogP contribution in [0.2, 0.25) is 0 Å². The van der Waals surface area contributed by atoms with Crippen LogP contribution in [0.5, 0.6) is 0 Å². The topological polar surface area (TPSA) is 76.7 Å². The molecule has 4 aliphatic carbocycles. The Labute approximate surface area is 251 Å². The highest BCUT2D eigenvalue weighted by atomic mass is 16.7. The second-order valence-corrected chi connectivity index (χ2v) is 14.0. The van der Waals surface area contributed by atoms with E-state index in [4.69, 9.17) is 9.31 Å². The summed E-state index contributed by atoms with van der Waals surface area (Å²) in [5.74, 6) is 0.375. The predicted octanol–water partition coefficient (Wildman–Crippen LogP) is 5.78. The Morgan fingerprint density at radius 1 is 1.02 bits per heavy atom. The first-order valence-electron chi connectivity index (χ1n) is 16.3. The molecule has 4 fully saturated rings. The minimum Gasteiger partial charge on any atom is -0.404 e. The lowest BCUT2D eigenvalue weighted by molar-refractivity contribution is -0.199. The molecule has 2 N–H and O–H groups in total. The molecule has 6 nitrogen and oxygen atoms in total. The number of hydrogen-bond donors (Lipinski definition) is 2. The summed E-state index contributed by atoms with van der Waals surface area (Å²) in [6.07, 6.45) is 8.21. The van der Waals surface area contributed by atoms with Crippen molar-refractivity contribution in [1.29, 1.82) is 0 Å². The summed E-state index contributed by atoms with van der Waals surface area (Å²) in [4.78, 5) is 27.8. The minimum atomic E-state index is -0.691. The molecule has 1 aliphatic heterocycles. The number of hydrogen-bond acceptors (Lipinski definition) is 4. The largest absolute Gasteiger partial charge is 0.481 e. The van der Waals surface area contributed by atoms with Gasteiger partial charge in [-0.25, -0.2) is 0 Å². The first kappa shape index (κ1) is 29.4. The Hall–Kier alpha value is -2.64.